The van der Waals surface area contributed by atoms with Crippen LogP contribution in [-0.2, 0) is 14.8 Å². The Kier molecular flexibility index (Phi) is 4.40. The zero-order chi connectivity index (χ0) is 15.7. The molecule has 0 aromatic heterocycles. The van der Waals surface area contributed by atoms with Gasteiger partial charge in [0.25, 0.3) is 0 Å². The zero-order valence-corrected chi connectivity index (χ0v) is 13.8. The molecule has 1 aromatic carbocycles. The van der Waals surface area contributed by atoms with Crippen molar-refractivity contribution in [1.29, 1.82) is 0 Å². The van der Waals surface area contributed by atoms with Gasteiger partial charge in [-0.15, -0.1) is 0 Å². The van der Waals surface area contributed by atoms with E-state index in [0.29, 0.717) is 30.3 Å². The largest absolute Gasteiger partial charge is 0.497 e. The van der Waals surface area contributed by atoms with Crippen molar-refractivity contribution >= 4 is 10.0 Å². The van der Waals surface area contributed by atoms with Crippen LogP contribution in [0.1, 0.15) is 0 Å². The molecule has 22 heavy (non-hydrogen) atoms. The highest BCUT2D eigenvalue weighted by Crippen LogP contribution is 2.28. The van der Waals surface area contributed by atoms with E-state index in [1.807, 2.05) is 7.05 Å². The van der Waals surface area contributed by atoms with E-state index >= 15 is 0 Å². The van der Waals surface area contributed by atoms with Crippen LogP contribution >= 0.6 is 0 Å². The molecule has 2 aliphatic heterocycles. The maximum atomic E-state index is 12.8. The third-order valence-corrected chi connectivity index (χ3v) is 6.24. The summed E-state index contributed by atoms with van der Waals surface area (Å²) in [6, 6.07) is 6.53. The monoisotopic (exact) mass is 326 g/mol. The Labute approximate surface area is 131 Å². The summed E-state index contributed by atoms with van der Waals surface area (Å²) < 4.78 is 38.0. The van der Waals surface area contributed by atoms with Gasteiger partial charge < -0.3 is 14.4 Å². The molecule has 0 bridgehead atoms. The molecular formula is C15H22N2O4S. The summed E-state index contributed by atoms with van der Waals surface area (Å²) in [5.41, 5.74) is 0. The lowest BCUT2D eigenvalue weighted by atomic mass is 10.1. The van der Waals surface area contributed by atoms with E-state index in [-0.39, 0.29) is 12.0 Å². The second-order valence-corrected chi connectivity index (χ2v) is 7.87. The van der Waals surface area contributed by atoms with Gasteiger partial charge in [0.1, 0.15) is 5.75 Å². The highest BCUT2D eigenvalue weighted by atomic mass is 32.2. The third kappa shape index (κ3) is 2.99. The van der Waals surface area contributed by atoms with Gasteiger partial charge in [0.15, 0.2) is 0 Å². The molecule has 3 rings (SSSR count). The van der Waals surface area contributed by atoms with Crippen molar-refractivity contribution in [3.63, 3.8) is 0 Å². The van der Waals surface area contributed by atoms with Crippen LogP contribution < -0.4 is 4.74 Å². The van der Waals surface area contributed by atoms with E-state index in [2.05, 4.69) is 4.90 Å². The number of nitrogens with zero attached hydrogens (tertiary/aromatic N) is 2. The van der Waals surface area contributed by atoms with Crippen molar-refractivity contribution in [2.24, 2.45) is 5.92 Å². The predicted molar refractivity (Wildman–Crippen MR) is 82.5 cm³/mol. The van der Waals surface area contributed by atoms with Crippen LogP contribution in [0.4, 0.5) is 0 Å². The van der Waals surface area contributed by atoms with Crippen LogP contribution in [0.3, 0.4) is 0 Å². The average Bonchev–Trinajstić information content (AvgIpc) is 2.83. The Morgan fingerprint density at radius 1 is 1.18 bits per heavy atom. The lowest BCUT2D eigenvalue weighted by Crippen LogP contribution is -2.32. The van der Waals surface area contributed by atoms with E-state index in [0.717, 1.165) is 13.1 Å². The molecule has 2 aliphatic rings. The second-order valence-electron chi connectivity index (χ2n) is 5.93. The van der Waals surface area contributed by atoms with Crippen LogP contribution in [0.15, 0.2) is 29.2 Å². The molecule has 0 unspecified atom stereocenters. The number of benzene rings is 1. The number of rotatable bonds is 3. The molecule has 2 atom stereocenters. The van der Waals surface area contributed by atoms with Crippen molar-refractivity contribution in [3.8, 4) is 5.75 Å². The minimum Gasteiger partial charge on any atom is -0.497 e. The standard InChI is InChI=1S/C15H22N2O4S/c1-16-7-8-21-15-11-17(10-12(15)9-16)22(18,19)14-5-3-13(20-2)4-6-14/h3-6,12,15H,7-11H2,1-2H3/t12-,15+/m1/s1. The summed E-state index contributed by atoms with van der Waals surface area (Å²) in [7, 11) is 0.137. The van der Waals surface area contributed by atoms with Crippen LogP contribution in [0.2, 0.25) is 0 Å². The third-order valence-electron chi connectivity index (χ3n) is 4.40. The maximum Gasteiger partial charge on any atom is 0.243 e. The van der Waals surface area contributed by atoms with Gasteiger partial charge in [0, 0.05) is 32.1 Å². The molecule has 0 amide bonds. The SMILES string of the molecule is COc1ccc(S(=O)(=O)N2C[C@H]3CN(C)CCO[C@H]3C2)cc1. The smallest absolute Gasteiger partial charge is 0.243 e. The summed E-state index contributed by atoms with van der Waals surface area (Å²) in [5.74, 6) is 0.885. The van der Waals surface area contributed by atoms with Crippen molar-refractivity contribution in [2.75, 3.05) is 46.9 Å². The lowest BCUT2D eigenvalue weighted by molar-refractivity contribution is 0.0550. The molecule has 6 nitrogen and oxygen atoms in total. The zero-order valence-electron chi connectivity index (χ0n) is 12.9. The highest BCUT2D eigenvalue weighted by molar-refractivity contribution is 7.89. The molecule has 0 N–H and O–H groups in total. The van der Waals surface area contributed by atoms with E-state index in [4.69, 9.17) is 9.47 Å². The average molecular weight is 326 g/mol. The molecule has 2 heterocycles. The fourth-order valence-corrected chi connectivity index (χ4v) is 4.62. The fraction of sp³-hybridized carbons (Fsp3) is 0.600. The minimum atomic E-state index is -3.47. The molecule has 0 aliphatic carbocycles. The quantitative estimate of drug-likeness (QED) is 0.816. The number of hydrogen-bond donors (Lipinski definition) is 0. The van der Waals surface area contributed by atoms with Gasteiger partial charge in [-0.25, -0.2) is 8.42 Å². The first-order valence-electron chi connectivity index (χ1n) is 7.45. The summed E-state index contributed by atoms with van der Waals surface area (Å²) in [5, 5.41) is 0. The normalized spacial score (nSPS) is 27.4. The molecule has 2 fully saturated rings. The van der Waals surface area contributed by atoms with E-state index in [1.54, 1.807) is 35.7 Å². The van der Waals surface area contributed by atoms with Crippen molar-refractivity contribution < 1.29 is 17.9 Å². The van der Waals surface area contributed by atoms with Crippen molar-refractivity contribution in [1.82, 2.24) is 9.21 Å². The van der Waals surface area contributed by atoms with E-state index < -0.39 is 10.0 Å². The molecular weight excluding hydrogens is 304 g/mol. The first kappa shape index (κ1) is 15.7. The highest BCUT2D eigenvalue weighted by Gasteiger charge is 2.41. The van der Waals surface area contributed by atoms with Gasteiger partial charge in [-0.1, -0.05) is 0 Å². The lowest BCUT2D eigenvalue weighted by Gasteiger charge is -2.19. The van der Waals surface area contributed by atoms with Crippen LogP contribution in [-0.4, -0.2) is 70.7 Å². The van der Waals surface area contributed by atoms with Crippen LogP contribution in [0.25, 0.3) is 0 Å². The van der Waals surface area contributed by atoms with Gasteiger partial charge in [-0.3, -0.25) is 0 Å². The van der Waals surface area contributed by atoms with Gasteiger partial charge in [0.2, 0.25) is 10.0 Å². The molecule has 7 heteroatoms. The Bertz CT molecular complexity index is 617. The summed E-state index contributed by atoms with van der Waals surface area (Å²) in [4.78, 5) is 2.51. The topological polar surface area (TPSA) is 59.1 Å². The number of likely N-dealkylation sites (N-methyl/N-ethyl adjacent to an activating group) is 1. The van der Waals surface area contributed by atoms with Gasteiger partial charge in [-0.05, 0) is 31.3 Å². The Hall–Kier alpha value is -1.15. The summed E-state index contributed by atoms with van der Waals surface area (Å²) in [6.07, 6.45) is -0.00188. The van der Waals surface area contributed by atoms with Gasteiger partial charge in [-0.2, -0.15) is 4.31 Å². The molecule has 2 saturated heterocycles. The van der Waals surface area contributed by atoms with Crippen molar-refractivity contribution in [2.45, 2.75) is 11.0 Å². The number of ether oxygens (including phenoxy) is 2. The molecule has 0 saturated carbocycles. The number of fused-ring (bicyclic) bond motifs is 1. The molecule has 0 radical (unpaired) electrons. The second kappa shape index (κ2) is 6.16. The van der Waals surface area contributed by atoms with E-state index in [9.17, 15) is 8.42 Å². The summed E-state index contributed by atoms with van der Waals surface area (Å²) >= 11 is 0. The fourth-order valence-electron chi connectivity index (χ4n) is 3.11. The van der Waals surface area contributed by atoms with Crippen LogP contribution in [0, 0.1) is 5.92 Å². The Morgan fingerprint density at radius 3 is 2.59 bits per heavy atom. The first-order chi connectivity index (χ1) is 10.5. The Balaban J connectivity index is 1.78. The maximum absolute atomic E-state index is 12.8. The summed E-state index contributed by atoms with van der Waals surface area (Å²) in [6.45, 7) is 3.39. The number of methoxy groups -OCH3 is 1. The first-order valence-corrected chi connectivity index (χ1v) is 8.89. The molecule has 1 aromatic rings. The molecule has 0 spiro atoms. The van der Waals surface area contributed by atoms with Gasteiger partial charge in [0.05, 0.1) is 24.7 Å². The Morgan fingerprint density at radius 2 is 1.91 bits per heavy atom. The van der Waals surface area contributed by atoms with E-state index in [1.165, 1.54) is 0 Å². The number of hydrogen-bond acceptors (Lipinski definition) is 5. The predicted octanol–water partition coefficient (Wildman–Crippen LogP) is 0.646. The minimum absolute atomic E-state index is 0.00188. The number of sulfonamides is 1. The molecule has 122 valence electrons. The van der Waals surface area contributed by atoms with Gasteiger partial charge >= 0.3 is 0 Å². The van der Waals surface area contributed by atoms with Crippen molar-refractivity contribution in [3.05, 3.63) is 24.3 Å². The van der Waals surface area contributed by atoms with Crippen LogP contribution in [0.5, 0.6) is 5.75 Å².